The summed E-state index contributed by atoms with van der Waals surface area (Å²) in [5.74, 6) is 2.50. The molecule has 0 aromatic carbocycles. The minimum atomic E-state index is 0.640. The molecular weight excluding hydrogens is 174 g/mol. The number of anilines is 1. The molecule has 0 fully saturated rings. The third kappa shape index (κ3) is 1.51. The Morgan fingerprint density at radius 3 is 3.00 bits per heavy atom. The van der Waals surface area contributed by atoms with Crippen LogP contribution in [0.25, 0.3) is 0 Å². The fourth-order valence-corrected chi connectivity index (χ4v) is 2.53. The Hall–Kier alpha value is -0.990. The van der Waals surface area contributed by atoms with Crippen LogP contribution in [0.1, 0.15) is 44.4 Å². The minimum absolute atomic E-state index is 0.640. The monoisotopic (exact) mass is 193 g/mol. The molecule has 1 aromatic heterocycles. The summed E-state index contributed by atoms with van der Waals surface area (Å²) in [6.07, 6.45) is 2.43. The molecule has 3 heteroatoms. The molecule has 3 nitrogen and oxygen atoms in total. The van der Waals surface area contributed by atoms with Gasteiger partial charge in [-0.2, -0.15) is 5.10 Å². The second kappa shape index (κ2) is 3.64. The Balaban J connectivity index is 2.32. The van der Waals surface area contributed by atoms with Crippen LogP contribution in [0.4, 0.5) is 5.82 Å². The standard InChI is InChI=1S/C11H19N3/c1-4-12-11-10-8(3)5-7(2)6-9(10)13-14-11/h7-8H,4-6H2,1-3H3,(H2,12,13,14). The maximum atomic E-state index is 4.34. The van der Waals surface area contributed by atoms with Gasteiger partial charge in [0.2, 0.25) is 0 Å². The summed E-state index contributed by atoms with van der Waals surface area (Å²) in [5, 5.41) is 10.8. The van der Waals surface area contributed by atoms with Crippen molar-refractivity contribution < 1.29 is 0 Å². The van der Waals surface area contributed by atoms with Gasteiger partial charge in [0, 0.05) is 17.8 Å². The summed E-state index contributed by atoms with van der Waals surface area (Å²) >= 11 is 0. The molecule has 78 valence electrons. The van der Waals surface area contributed by atoms with E-state index in [1.165, 1.54) is 17.7 Å². The lowest BCUT2D eigenvalue weighted by Crippen LogP contribution is -2.15. The van der Waals surface area contributed by atoms with Crippen LogP contribution in [0.2, 0.25) is 0 Å². The van der Waals surface area contributed by atoms with Crippen LogP contribution in [-0.2, 0) is 6.42 Å². The predicted octanol–water partition coefficient (Wildman–Crippen LogP) is 2.53. The van der Waals surface area contributed by atoms with E-state index in [1.54, 1.807) is 0 Å². The summed E-state index contributed by atoms with van der Waals surface area (Å²) < 4.78 is 0. The number of aromatic nitrogens is 2. The number of hydrogen-bond acceptors (Lipinski definition) is 2. The lowest BCUT2D eigenvalue weighted by Gasteiger charge is -2.24. The average Bonchev–Trinajstić information content (AvgIpc) is 2.49. The van der Waals surface area contributed by atoms with Crippen molar-refractivity contribution in [2.24, 2.45) is 5.92 Å². The zero-order valence-corrected chi connectivity index (χ0v) is 9.22. The van der Waals surface area contributed by atoms with Crippen molar-refractivity contribution in [2.45, 2.75) is 39.5 Å². The van der Waals surface area contributed by atoms with Gasteiger partial charge in [-0.05, 0) is 31.6 Å². The molecule has 2 rings (SSSR count). The zero-order chi connectivity index (χ0) is 10.1. The van der Waals surface area contributed by atoms with Crippen molar-refractivity contribution in [3.05, 3.63) is 11.3 Å². The van der Waals surface area contributed by atoms with Gasteiger partial charge in [-0.3, -0.25) is 5.10 Å². The topological polar surface area (TPSA) is 40.7 Å². The summed E-state index contributed by atoms with van der Waals surface area (Å²) in [4.78, 5) is 0. The van der Waals surface area contributed by atoms with Crippen LogP contribution >= 0.6 is 0 Å². The van der Waals surface area contributed by atoms with E-state index in [0.717, 1.165) is 24.7 Å². The highest BCUT2D eigenvalue weighted by molar-refractivity contribution is 5.49. The van der Waals surface area contributed by atoms with Gasteiger partial charge >= 0.3 is 0 Å². The van der Waals surface area contributed by atoms with Crippen LogP contribution in [0.5, 0.6) is 0 Å². The lowest BCUT2D eigenvalue weighted by atomic mass is 9.81. The molecule has 1 aromatic rings. The van der Waals surface area contributed by atoms with E-state index in [4.69, 9.17) is 0 Å². The molecule has 2 N–H and O–H groups in total. The maximum absolute atomic E-state index is 4.34. The molecule has 0 bridgehead atoms. The van der Waals surface area contributed by atoms with Gasteiger partial charge in [0.15, 0.2) is 5.82 Å². The Kier molecular flexibility index (Phi) is 2.48. The number of fused-ring (bicyclic) bond motifs is 1. The van der Waals surface area contributed by atoms with Crippen LogP contribution in [0, 0.1) is 5.92 Å². The van der Waals surface area contributed by atoms with Crippen molar-refractivity contribution in [3.8, 4) is 0 Å². The fourth-order valence-electron chi connectivity index (χ4n) is 2.53. The smallest absolute Gasteiger partial charge is 0.151 e. The number of hydrogen-bond donors (Lipinski definition) is 2. The van der Waals surface area contributed by atoms with Crippen LogP contribution in [0.3, 0.4) is 0 Å². The first-order chi connectivity index (χ1) is 6.72. The number of nitrogens with one attached hydrogen (secondary N) is 2. The summed E-state index contributed by atoms with van der Waals surface area (Å²) in [6.45, 7) is 7.66. The SMILES string of the molecule is CCNc1n[nH]c2c1C(C)CC(C)C2. The van der Waals surface area contributed by atoms with E-state index in [2.05, 4.69) is 36.3 Å². The van der Waals surface area contributed by atoms with Crippen molar-refractivity contribution in [3.63, 3.8) is 0 Å². The number of aromatic amines is 1. The molecular formula is C11H19N3. The predicted molar refractivity (Wildman–Crippen MR) is 58.7 cm³/mol. The molecule has 2 unspecified atom stereocenters. The Labute approximate surface area is 85.3 Å². The number of rotatable bonds is 2. The summed E-state index contributed by atoms with van der Waals surface area (Å²) in [5.41, 5.74) is 2.76. The third-order valence-electron chi connectivity index (χ3n) is 3.03. The molecule has 1 heterocycles. The van der Waals surface area contributed by atoms with Crippen molar-refractivity contribution in [1.29, 1.82) is 0 Å². The van der Waals surface area contributed by atoms with Gasteiger partial charge in [0.25, 0.3) is 0 Å². The molecule has 0 aliphatic heterocycles. The van der Waals surface area contributed by atoms with E-state index in [1.807, 2.05) is 0 Å². The van der Waals surface area contributed by atoms with Gasteiger partial charge in [0.05, 0.1) is 0 Å². The lowest BCUT2D eigenvalue weighted by molar-refractivity contribution is 0.446. The molecule has 14 heavy (non-hydrogen) atoms. The van der Waals surface area contributed by atoms with Gasteiger partial charge < -0.3 is 5.32 Å². The summed E-state index contributed by atoms with van der Waals surface area (Å²) in [6, 6.07) is 0. The second-order valence-electron chi connectivity index (χ2n) is 4.44. The largest absolute Gasteiger partial charge is 0.369 e. The van der Waals surface area contributed by atoms with Gasteiger partial charge in [0.1, 0.15) is 0 Å². The van der Waals surface area contributed by atoms with Gasteiger partial charge in [-0.1, -0.05) is 13.8 Å². The van der Waals surface area contributed by atoms with E-state index in [0.29, 0.717) is 5.92 Å². The Morgan fingerprint density at radius 1 is 1.50 bits per heavy atom. The fraction of sp³-hybridized carbons (Fsp3) is 0.727. The molecule has 2 atom stereocenters. The second-order valence-corrected chi connectivity index (χ2v) is 4.44. The quantitative estimate of drug-likeness (QED) is 0.757. The van der Waals surface area contributed by atoms with Crippen molar-refractivity contribution in [1.82, 2.24) is 10.2 Å². The molecule has 1 aliphatic rings. The van der Waals surface area contributed by atoms with Crippen molar-refractivity contribution >= 4 is 5.82 Å². The molecule has 0 saturated heterocycles. The molecule has 0 radical (unpaired) electrons. The maximum Gasteiger partial charge on any atom is 0.151 e. The first-order valence-electron chi connectivity index (χ1n) is 5.53. The first kappa shape index (κ1) is 9.56. The summed E-state index contributed by atoms with van der Waals surface area (Å²) in [7, 11) is 0. The van der Waals surface area contributed by atoms with Gasteiger partial charge in [-0.25, -0.2) is 0 Å². The van der Waals surface area contributed by atoms with Crippen LogP contribution < -0.4 is 5.32 Å². The van der Waals surface area contributed by atoms with E-state index < -0.39 is 0 Å². The zero-order valence-electron chi connectivity index (χ0n) is 9.22. The highest BCUT2D eigenvalue weighted by Gasteiger charge is 2.26. The van der Waals surface area contributed by atoms with Gasteiger partial charge in [-0.15, -0.1) is 0 Å². The Bertz CT molecular complexity index is 303. The average molecular weight is 193 g/mol. The number of H-pyrrole nitrogens is 1. The normalized spacial score (nSPS) is 25.9. The molecule has 0 spiro atoms. The third-order valence-corrected chi connectivity index (χ3v) is 3.03. The van der Waals surface area contributed by atoms with E-state index in [9.17, 15) is 0 Å². The van der Waals surface area contributed by atoms with Crippen LogP contribution in [-0.4, -0.2) is 16.7 Å². The first-order valence-corrected chi connectivity index (χ1v) is 5.53. The molecule has 0 amide bonds. The highest BCUT2D eigenvalue weighted by Crippen LogP contribution is 2.37. The van der Waals surface area contributed by atoms with E-state index in [-0.39, 0.29) is 0 Å². The molecule has 1 aliphatic carbocycles. The highest BCUT2D eigenvalue weighted by atomic mass is 15.2. The van der Waals surface area contributed by atoms with Crippen LogP contribution in [0.15, 0.2) is 0 Å². The minimum Gasteiger partial charge on any atom is -0.369 e. The molecule has 0 saturated carbocycles. The van der Waals surface area contributed by atoms with Crippen molar-refractivity contribution in [2.75, 3.05) is 11.9 Å². The number of nitrogens with zero attached hydrogens (tertiary/aromatic N) is 1. The Morgan fingerprint density at radius 2 is 2.29 bits per heavy atom. The van der Waals surface area contributed by atoms with E-state index >= 15 is 0 Å².